The summed E-state index contributed by atoms with van der Waals surface area (Å²) in [6.45, 7) is 7.06. The van der Waals surface area contributed by atoms with Crippen LogP contribution in [0.15, 0.2) is 71.6 Å². The van der Waals surface area contributed by atoms with E-state index in [9.17, 15) is 21.6 Å². The van der Waals surface area contributed by atoms with E-state index in [0.717, 1.165) is 27.3 Å². The molecule has 0 fully saturated rings. The van der Waals surface area contributed by atoms with Crippen molar-refractivity contribution in [3.63, 3.8) is 0 Å². The first-order chi connectivity index (χ1) is 16.3. The molecule has 0 aliphatic rings. The molecule has 186 valence electrons. The molecule has 2 N–H and O–H groups in total. The van der Waals surface area contributed by atoms with Gasteiger partial charge in [0.25, 0.3) is 10.0 Å². The zero-order chi connectivity index (χ0) is 26.0. The molecule has 8 nitrogen and oxygen atoms in total. The summed E-state index contributed by atoms with van der Waals surface area (Å²) in [6.07, 6.45) is 1.04. The van der Waals surface area contributed by atoms with Gasteiger partial charge in [-0.15, -0.1) is 0 Å². The van der Waals surface area contributed by atoms with E-state index in [2.05, 4.69) is 10.0 Å². The smallest absolute Gasteiger partial charge is 0.261 e. The summed E-state index contributed by atoms with van der Waals surface area (Å²) in [6, 6.07) is 16.9. The Morgan fingerprint density at radius 3 is 1.97 bits per heavy atom. The van der Waals surface area contributed by atoms with Crippen LogP contribution in [0.25, 0.3) is 0 Å². The van der Waals surface area contributed by atoms with Gasteiger partial charge in [-0.05, 0) is 81.3 Å². The molecular weight excluding hydrogens is 486 g/mol. The zero-order valence-corrected chi connectivity index (χ0v) is 21.9. The summed E-state index contributed by atoms with van der Waals surface area (Å²) in [5.41, 5.74) is 3.88. The molecule has 3 rings (SSSR count). The van der Waals surface area contributed by atoms with Gasteiger partial charge >= 0.3 is 0 Å². The molecule has 0 aliphatic heterocycles. The fourth-order valence-electron chi connectivity index (χ4n) is 3.51. The fourth-order valence-corrected chi connectivity index (χ4v) is 5.81. The quantitative estimate of drug-likeness (QED) is 0.467. The molecule has 0 aromatic heterocycles. The zero-order valence-electron chi connectivity index (χ0n) is 20.2. The number of hydrogen-bond donors (Lipinski definition) is 2. The van der Waals surface area contributed by atoms with Gasteiger partial charge in [-0.3, -0.25) is 13.8 Å². The molecule has 10 heteroatoms. The van der Waals surface area contributed by atoms with Crippen LogP contribution in [-0.2, 0) is 24.8 Å². The number of amides is 1. The highest BCUT2D eigenvalue weighted by atomic mass is 32.2. The van der Waals surface area contributed by atoms with Crippen LogP contribution in [0.2, 0.25) is 0 Å². The van der Waals surface area contributed by atoms with E-state index in [-0.39, 0.29) is 4.90 Å². The number of nitrogens with zero attached hydrogens (tertiary/aromatic N) is 1. The number of sulfonamides is 2. The van der Waals surface area contributed by atoms with Crippen molar-refractivity contribution in [1.82, 2.24) is 0 Å². The van der Waals surface area contributed by atoms with Crippen LogP contribution >= 0.6 is 0 Å². The molecule has 0 aliphatic carbocycles. The Morgan fingerprint density at radius 2 is 1.40 bits per heavy atom. The summed E-state index contributed by atoms with van der Waals surface area (Å²) >= 11 is 0. The van der Waals surface area contributed by atoms with Crippen LogP contribution in [-0.4, -0.2) is 35.0 Å². The SMILES string of the molecule is Cc1ccc(N([C@H](C)C(=O)Nc2ccc(S(=O)(=O)Nc3cc(C)ccc3C)cc2)S(C)(=O)=O)cc1. The highest BCUT2D eigenvalue weighted by molar-refractivity contribution is 7.92. The van der Waals surface area contributed by atoms with Crippen LogP contribution in [0, 0.1) is 20.8 Å². The summed E-state index contributed by atoms with van der Waals surface area (Å²) in [7, 11) is -7.58. The number of benzene rings is 3. The topological polar surface area (TPSA) is 113 Å². The largest absolute Gasteiger partial charge is 0.324 e. The summed E-state index contributed by atoms with van der Waals surface area (Å²) in [4.78, 5) is 12.9. The Balaban J connectivity index is 1.77. The van der Waals surface area contributed by atoms with E-state index in [1.165, 1.54) is 31.2 Å². The highest BCUT2D eigenvalue weighted by Gasteiger charge is 2.29. The number of aryl methyl sites for hydroxylation is 3. The average Bonchev–Trinajstić information content (AvgIpc) is 2.77. The van der Waals surface area contributed by atoms with Gasteiger partial charge in [-0.25, -0.2) is 16.8 Å². The molecule has 0 radical (unpaired) electrons. The van der Waals surface area contributed by atoms with E-state index in [1.807, 2.05) is 32.9 Å². The maximum Gasteiger partial charge on any atom is 0.261 e. The van der Waals surface area contributed by atoms with Crippen molar-refractivity contribution in [2.45, 2.75) is 38.6 Å². The van der Waals surface area contributed by atoms with Crippen LogP contribution < -0.4 is 14.3 Å². The van der Waals surface area contributed by atoms with Gasteiger partial charge in [0.15, 0.2) is 0 Å². The van der Waals surface area contributed by atoms with Crippen molar-refractivity contribution in [1.29, 1.82) is 0 Å². The normalized spacial score (nSPS) is 12.6. The van der Waals surface area contributed by atoms with Crippen LogP contribution in [0.3, 0.4) is 0 Å². The van der Waals surface area contributed by atoms with E-state index < -0.39 is 32.0 Å². The summed E-state index contributed by atoms with van der Waals surface area (Å²) < 4.78 is 54.1. The predicted octanol–water partition coefficient (Wildman–Crippen LogP) is 4.21. The molecular formula is C25H29N3O5S2. The van der Waals surface area contributed by atoms with E-state index in [4.69, 9.17) is 0 Å². The van der Waals surface area contributed by atoms with Crippen molar-refractivity contribution in [2.75, 3.05) is 20.6 Å². The van der Waals surface area contributed by atoms with Crippen molar-refractivity contribution >= 4 is 43.0 Å². The molecule has 0 saturated heterocycles. The van der Waals surface area contributed by atoms with Crippen LogP contribution in [0.4, 0.5) is 17.1 Å². The number of hydrogen-bond acceptors (Lipinski definition) is 5. The Labute approximate surface area is 207 Å². The molecule has 1 atom stereocenters. The Kier molecular flexibility index (Phi) is 7.56. The minimum atomic E-state index is -3.84. The van der Waals surface area contributed by atoms with E-state index in [1.54, 1.807) is 30.3 Å². The van der Waals surface area contributed by atoms with Crippen molar-refractivity contribution in [3.8, 4) is 0 Å². The number of anilines is 3. The van der Waals surface area contributed by atoms with Gasteiger partial charge in [0.2, 0.25) is 15.9 Å². The van der Waals surface area contributed by atoms with Gasteiger partial charge in [-0.1, -0.05) is 29.8 Å². The second-order valence-corrected chi connectivity index (χ2v) is 12.0. The Morgan fingerprint density at radius 1 is 0.829 bits per heavy atom. The molecule has 35 heavy (non-hydrogen) atoms. The molecule has 3 aromatic rings. The lowest BCUT2D eigenvalue weighted by molar-refractivity contribution is -0.116. The fraction of sp³-hybridized carbons (Fsp3) is 0.240. The molecule has 1 amide bonds. The van der Waals surface area contributed by atoms with Gasteiger partial charge < -0.3 is 5.32 Å². The Bertz CT molecular complexity index is 1430. The third-order valence-corrected chi connectivity index (χ3v) is 8.07. The lowest BCUT2D eigenvalue weighted by Gasteiger charge is -2.28. The molecule has 0 bridgehead atoms. The van der Waals surface area contributed by atoms with Gasteiger partial charge in [0.1, 0.15) is 6.04 Å². The molecule has 0 unspecified atom stereocenters. The predicted molar refractivity (Wildman–Crippen MR) is 140 cm³/mol. The summed E-state index contributed by atoms with van der Waals surface area (Å²) in [5.74, 6) is -0.555. The molecule has 0 spiro atoms. The number of carbonyl (C=O) groups is 1. The first-order valence-electron chi connectivity index (χ1n) is 10.8. The first kappa shape index (κ1) is 26.2. The average molecular weight is 516 g/mol. The molecule has 0 saturated carbocycles. The third-order valence-electron chi connectivity index (χ3n) is 5.45. The molecule has 0 heterocycles. The number of rotatable bonds is 8. The van der Waals surface area contributed by atoms with Gasteiger partial charge in [0.05, 0.1) is 22.5 Å². The van der Waals surface area contributed by atoms with E-state index >= 15 is 0 Å². The summed E-state index contributed by atoms with van der Waals surface area (Å²) in [5, 5.41) is 2.66. The third kappa shape index (κ3) is 6.40. The lowest BCUT2D eigenvalue weighted by Crippen LogP contribution is -2.45. The second-order valence-electron chi connectivity index (χ2n) is 8.51. The number of nitrogens with one attached hydrogen (secondary N) is 2. The Hall–Kier alpha value is -3.37. The van der Waals surface area contributed by atoms with Crippen molar-refractivity contribution in [2.24, 2.45) is 0 Å². The van der Waals surface area contributed by atoms with Gasteiger partial charge in [-0.2, -0.15) is 0 Å². The highest BCUT2D eigenvalue weighted by Crippen LogP contribution is 2.24. The van der Waals surface area contributed by atoms with Crippen LogP contribution in [0.5, 0.6) is 0 Å². The minimum absolute atomic E-state index is 0.0295. The van der Waals surface area contributed by atoms with Crippen LogP contribution in [0.1, 0.15) is 23.6 Å². The number of carbonyl (C=O) groups excluding carboxylic acids is 1. The standard InChI is InChI=1S/C25H29N3O5S2/c1-17-7-12-22(13-8-17)28(34(5,30)31)20(4)25(29)26-21-10-14-23(15-11-21)35(32,33)27-24-16-18(2)6-9-19(24)3/h6-16,20,27H,1-5H3,(H,26,29)/t20-/m1/s1. The second kappa shape index (κ2) is 10.1. The maximum absolute atomic E-state index is 12.9. The first-order valence-corrected chi connectivity index (χ1v) is 14.2. The van der Waals surface area contributed by atoms with Crippen molar-refractivity contribution in [3.05, 3.63) is 83.4 Å². The lowest BCUT2D eigenvalue weighted by atomic mass is 10.1. The van der Waals surface area contributed by atoms with Crippen molar-refractivity contribution < 1.29 is 21.6 Å². The monoisotopic (exact) mass is 515 g/mol. The van der Waals surface area contributed by atoms with Gasteiger partial charge in [0, 0.05) is 5.69 Å². The molecule has 3 aromatic carbocycles. The maximum atomic E-state index is 12.9. The van der Waals surface area contributed by atoms with E-state index in [0.29, 0.717) is 17.1 Å². The minimum Gasteiger partial charge on any atom is -0.324 e.